The topological polar surface area (TPSA) is 80.8 Å². The van der Waals surface area contributed by atoms with Crippen molar-refractivity contribution in [3.05, 3.63) is 54.2 Å². The molecular weight excluding hydrogens is 373 g/mol. The molecular formula is C18H17F3N6O. The van der Waals surface area contributed by atoms with Gasteiger partial charge >= 0.3 is 12.1 Å². The second-order valence-corrected chi connectivity index (χ2v) is 6.71. The standard InChI is InChI=1S/C18H17F3N6O/c19-18(20,21)17-25-16(26-28-17)13-3-4-15(24-8-13)14-2-1-5-27(10-14)9-12-6-22-11-23-7-12/h3-4,6-8,11,14H,1-2,5,9-10H2/t14-/m1/s1. The summed E-state index contributed by atoms with van der Waals surface area (Å²) in [7, 11) is 0. The highest BCUT2D eigenvalue weighted by Gasteiger charge is 2.38. The van der Waals surface area contributed by atoms with E-state index in [9.17, 15) is 13.2 Å². The monoisotopic (exact) mass is 390 g/mol. The molecule has 1 atom stereocenters. The summed E-state index contributed by atoms with van der Waals surface area (Å²) in [6.45, 7) is 2.62. The maximum Gasteiger partial charge on any atom is 0.471 e. The van der Waals surface area contributed by atoms with Crippen molar-refractivity contribution in [3.63, 3.8) is 0 Å². The Morgan fingerprint density at radius 2 is 1.96 bits per heavy atom. The van der Waals surface area contributed by atoms with Gasteiger partial charge in [-0.1, -0.05) is 5.16 Å². The smallest absolute Gasteiger partial charge is 0.329 e. The van der Waals surface area contributed by atoms with E-state index in [4.69, 9.17) is 0 Å². The molecule has 0 radical (unpaired) electrons. The first-order chi connectivity index (χ1) is 13.5. The number of rotatable bonds is 4. The minimum Gasteiger partial charge on any atom is -0.329 e. The number of aromatic nitrogens is 5. The zero-order valence-electron chi connectivity index (χ0n) is 14.8. The third-order valence-corrected chi connectivity index (χ3v) is 4.66. The number of hydrogen-bond donors (Lipinski definition) is 0. The number of halogens is 3. The van der Waals surface area contributed by atoms with E-state index in [0.717, 1.165) is 43.7 Å². The van der Waals surface area contributed by atoms with Crippen LogP contribution in [-0.2, 0) is 12.7 Å². The van der Waals surface area contributed by atoms with E-state index in [2.05, 4.69) is 34.5 Å². The molecule has 4 heterocycles. The number of pyridine rings is 1. The Hall–Kier alpha value is -2.88. The summed E-state index contributed by atoms with van der Waals surface area (Å²) in [6, 6.07) is 3.50. The molecule has 3 aromatic rings. The SMILES string of the molecule is FC(F)(F)c1nc(-c2ccc([C@@H]3CCCN(Cc4cncnc4)C3)nc2)no1. The number of alkyl halides is 3. The Balaban J connectivity index is 1.44. The van der Waals surface area contributed by atoms with E-state index in [0.29, 0.717) is 5.56 Å². The van der Waals surface area contributed by atoms with E-state index in [1.165, 1.54) is 12.5 Å². The van der Waals surface area contributed by atoms with Crippen molar-refractivity contribution >= 4 is 0 Å². The van der Waals surface area contributed by atoms with Crippen LogP contribution < -0.4 is 0 Å². The van der Waals surface area contributed by atoms with Gasteiger partial charge in [0.25, 0.3) is 0 Å². The molecule has 1 aliphatic rings. The van der Waals surface area contributed by atoms with Crippen molar-refractivity contribution in [2.75, 3.05) is 13.1 Å². The highest BCUT2D eigenvalue weighted by Crippen LogP contribution is 2.30. The molecule has 3 aromatic heterocycles. The Labute approximate surface area is 158 Å². The van der Waals surface area contributed by atoms with Crippen LogP contribution in [-0.4, -0.2) is 43.1 Å². The first-order valence-corrected chi connectivity index (χ1v) is 8.82. The fraction of sp³-hybridized carbons (Fsp3) is 0.389. The van der Waals surface area contributed by atoms with Crippen molar-refractivity contribution in [3.8, 4) is 11.4 Å². The zero-order chi connectivity index (χ0) is 19.6. The van der Waals surface area contributed by atoms with Gasteiger partial charge in [0.15, 0.2) is 0 Å². The van der Waals surface area contributed by atoms with Crippen LogP contribution in [0.1, 0.15) is 35.9 Å². The van der Waals surface area contributed by atoms with Crippen molar-refractivity contribution in [1.82, 2.24) is 30.0 Å². The summed E-state index contributed by atoms with van der Waals surface area (Å²) in [6.07, 6.45) is 4.01. The predicted molar refractivity (Wildman–Crippen MR) is 91.8 cm³/mol. The van der Waals surface area contributed by atoms with Gasteiger partial charge in [0.1, 0.15) is 6.33 Å². The molecule has 0 amide bonds. The molecule has 1 saturated heterocycles. The lowest BCUT2D eigenvalue weighted by Gasteiger charge is -2.32. The van der Waals surface area contributed by atoms with Gasteiger partial charge in [0, 0.05) is 54.4 Å². The van der Waals surface area contributed by atoms with Crippen LogP contribution in [0.5, 0.6) is 0 Å². The van der Waals surface area contributed by atoms with Crippen LogP contribution in [0.25, 0.3) is 11.4 Å². The van der Waals surface area contributed by atoms with Gasteiger partial charge < -0.3 is 4.52 Å². The molecule has 1 fully saturated rings. The normalized spacial score (nSPS) is 18.3. The molecule has 0 aromatic carbocycles. The molecule has 0 N–H and O–H groups in total. The first-order valence-electron chi connectivity index (χ1n) is 8.82. The summed E-state index contributed by atoms with van der Waals surface area (Å²) in [5.41, 5.74) is 2.35. The fourth-order valence-corrected chi connectivity index (χ4v) is 3.35. The van der Waals surface area contributed by atoms with E-state index in [1.807, 2.05) is 18.5 Å². The van der Waals surface area contributed by atoms with Crippen LogP contribution in [0.2, 0.25) is 0 Å². The summed E-state index contributed by atoms with van der Waals surface area (Å²) in [4.78, 5) is 18.2. The van der Waals surface area contributed by atoms with Crippen LogP contribution in [0.4, 0.5) is 13.2 Å². The zero-order valence-corrected chi connectivity index (χ0v) is 14.8. The quantitative estimate of drug-likeness (QED) is 0.676. The molecule has 4 rings (SSSR count). The molecule has 0 spiro atoms. The molecule has 0 saturated carbocycles. The third-order valence-electron chi connectivity index (χ3n) is 4.66. The van der Waals surface area contributed by atoms with E-state index >= 15 is 0 Å². The van der Waals surface area contributed by atoms with Crippen LogP contribution >= 0.6 is 0 Å². The highest BCUT2D eigenvalue weighted by molar-refractivity contribution is 5.52. The maximum atomic E-state index is 12.6. The largest absolute Gasteiger partial charge is 0.471 e. The summed E-state index contributed by atoms with van der Waals surface area (Å²) in [5, 5.41) is 3.39. The lowest BCUT2D eigenvalue weighted by Crippen LogP contribution is -2.34. The number of piperidine rings is 1. The highest BCUT2D eigenvalue weighted by atomic mass is 19.4. The third kappa shape index (κ3) is 4.16. The van der Waals surface area contributed by atoms with E-state index < -0.39 is 12.1 Å². The van der Waals surface area contributed by atoms with Gasteiger partial charge in [-0.05, 0) is 31.5 Å². The van der Waals surface area contributed by atoms with Crippen LogP contribution in [0.3, 0.4) is 0 Å². The molecule has 7 nitrogen and oxygen atoms in total. The lowest BCUT2D eigenvalue weighted by molar-refractivity contribution is -0.159. The number of nitrogens with zero attached hydrogens (tertiary/aromatic N) is 6. The lowest BCUT2D eigenvalue weighted by atomic mass is 9.94. The van der Waals surface area contributed by atoms with Gasteiger partial charge in [0.05, 0.1) is 0 Å². The second-order valence-electron chi connectivity index (χ2n) is 6.71. The molecule has 0 unspecified atom stereocenters. The molecule has 28 heavy (non-hydrogen) atoms. The predicted octanol–water partition coefficient (Wildman–Crippen LogP) is 3.32. The van der Waals surface area contributed by atoms with Crippen LogP contribution in [0.15, 0.2) is 41.6 Å². The average molecular weight is 390 g/mol. The van der Waals surface area contributed by atoms with Gasteiger partial charge in [-0.25, -0.2) is 9.97 Å². The number of hydrogen-bond acceptors (Lipinski definition) is 7. The van der Waals surface area contributed by atoms with Gasteiger partial charge in [0.2, 0.25) is 5.82 Å². The Morgan fingerprint density at radius 1 is 1.14 bits per heavy atom. The van der Waals surface area contributed by atoms with Gasteiger partial charge in [-0.3, -0.25) is 9.88 Å². The molecule has 0 aliphatic carbocycles. The maximum absolute atomic E-state index is 12.6. The van der Waals surface area contributed by atoms with Crippen molar-refractivity contribution in [2.24, 2.45) is 0 Å². The molecule has 146 valence electrons. The van der Waals surface area contributed by atoms with Crippen molar-refractivity contribution < 1.29 is 17.7 Å². The van der Waals surface area contributed by atoms with E-state index in [1.54, 1.807) is 6.07 Å². The van der Waals surface area contributed by atoms with Gasteiger partial charge in [-0.2, -0.15) is 18.2 Å². The van der Waals surface area contributed by atoms with Crippen molar-refractivity contribution in [2.45, 2.75) is 31.5 Å². The summed E-state index contributed by atoms with van der Waals surface area (Å²) >= 11 is 0. The average Bonchev–Trinajstić information content (AvgIpc) is 3.20. The van der Waals surface area contributed by atoms with Gasteiger partial charge in [-0.15, -0.1) is 0 Å². The molecule has 1 aliphatic heterocycles. The van der Waals surface area contributed by atoms with Crippen molar-refractivity contribution in [1.29, 1.82) is 0 Å². The minimum absolute atomic E-state index is 0.124. The number of likely N-dealkylation sites (tertiary alicyclic amines) is 1. The Kier molecular flexibility index (Phi) is 5.03. The molecule has 10 heteroatoms. The molecule has 0 bridgehead atoms. The minimum atomic E-state index is -4.66. The summed E-state index contributed by atoms with van der Waals surface area (Å²) < 4.78 is 42.0. The Bertz CT molecular complexity index is 913. The Morgan fingerprint density at radius 3 is 2.64 bits per heavy atom. The fourth-order valence-electron chi connectivity index (χ4n) is 3.35. The second kappa shape index (κ2) is 7.63. The first kappa shape index (κ1) is 18.5. The summed E-state index contributed by atoms with van der Waals surface area (Å²) in [5.74, 6) is -1.23. The van der Waals surface area contributed by atoms with E-state index in [-0.39, 0.29) is 11.7 Å². The van der Waals surface area contributed by atoms with Crippen LogP contribution in [0, 0.1) is 0 Å².